The third-order valence-corrected chi connectivity index (χ3v) is 5.11. The van der Waals surface area contributed by atoms with Gasteiger partial charge in [-0.15, -0.1) is 11.3 Å². The molecule has 2 N–H and O–H groups in total. The number of thiazole rings is 1. The number of hydrogen-bond donors (Lipinski definition) is 2. The van der Waals surface area contributed by atoms with E-state index < -0.39 is 0 Å². The molecule has 26 heavy (non-hydrogen) atoms. The van der Waals surface area contributed by atoms with Gasteiger partial charge in [-0.25, -0.2) is 4.98 Å². The molecule has 1 aromatic heterocycles. The van der Waals surface area contributed by atoms with Gasteiger partial charge in [0.25, 0.3) is 11.8 Å². The lowest BCUT2D eigenvalue weighted by Gasteiger charge is -2.04. The molecule has 1 aliphatic carbocycles. The van der Waals surface area contributed by atoms with Crippen LogP contribution in [0.5, 0.6) is 0 Å². The number of aromatic nitrogens is 1. The van der Waals surface area contributed by atoms with E-state index in [9.17, 15) is 9.59 Å². The Morgan fingerprint density at radius 1 is 0.962 bits per heavy atom. The Bertz CT molecular complexity index is 931. The van der Waals surface area contributed by atoms with Crippen LogP contribution in [0.1, 0.15) is 32.9 Å². The Hall–Kier alpha value is -2.99. The minimum atomic E-state index is -0.180. The number of carbonyl (C=O) groups is 2. The molecule has 0 spiro atoms. The van der Waals surface area contributed by atoms with Crippen LogP contribution in [0.3, 0.4) is 0 Å². The average Bonchev–Trinajstić information content (AvgIpc) is 3.34. The summed E-state index contributed by atoms with van der Waals surface area (Å²) in [5.41, 5.74) is 2.27. The van der Waals surface area contributed by atoms with Crippen molar-refractivity contribution in [3.8, 4) is 10.6 Å². The van der Waals surface area contributed by atoms with Crippen molar-refractivity contribution in [2.75, 3.05) is 5.32 Å². The third-order valence-electron chi connectivity index (χ3n) is 4.07. The molecule has 3 aromatic rings. The fraction of sp³-hybridized carbons (Fsp3) is 0.150. The quantitative estimate of drug-likeness (QED) is 0.721. The minimum absolute atomic E-state index is 0.0406. The molecular weight excluding hydrogens is 346 g/mol. The van der Waals surface area contributed by atoms with Gasteiger partial charge in [0.05, 0.1) is 6.20 Å². The van der Waals surface area contributed by atoms with Crippen molar-refractivity contribution in [3.63, 3.8) is 0 Å². The molecule has 6 heteroatoms. The molecule has 0 atom stereocenters. The van der Waals surface area contributed by atoms with Gasteiger partial charge in [0.1, 0.15) is 9.88 Å². The first-order valence-corrected chi connectivity index (χ1v) is 9.24. The predicted octanol–water partition coefficient (Wildman–Crippen LogP) is 3.95. The van der Waals surface area contributed by atoms with Crippen molar-refractivity contribution in [3.05, 3.63) is 71.2 Å². The summed E-state index contributed by atoms with van der Waals surface area (Å²) >= 11 is 1.32. The number of amides is 2. The van der Waals surface area contributed by atoms with Crippen molar-refractivity contribution >= 4 is 28.8 Å². The molecule has 2 amide bonds. The van der Waals surface area contributed by atoms with Crippen LogP contribution in [0.4, 0.5) is 5.69 Å². The van der Waals surface area contributed by atoms with Gasteiger partial charge in [0.2, 0.25) is 0 Å². The molecule has 2 aromatic carbocycles. The van der Waals surface area contributed by atoms with Crippen LogP contribution in [0, 0.1) is 0 Å². The zero-order valence-corrected chi connectivity index (χ0v) is 14.8. The number of nitrogens with one attached hydrogen (secondary N) is 2. The smallest absolute Gasteiger partial charge is 0.267 e. The fourth-order valence-electron chi connectivity index (χ4n) is 2.49. The minimum Gasteiger partial charge on any atom is -0.349 e. The Balaban J connectivity index is 1.45. The van der Waals surface area contributed by atoms with Gasteiger partial charge in [-0.1, -0.05) is 30.3 Å². The Morgan fingerprint density at radius 3 is 2.38 bits per heavy atom. The molecule has 0 unspecified atom stereocenters. The number of carbonyl (C=O) groups excluding carboxylic acids is 2. The van der Waals surface area contributed by atoms with E-state index in [0.717, 1.165) is 29.1 Å². The van der Waals surface area contributed by atoms with Gasteiger partial charge in [0.15, 0.2) is 0 Å². The Morgan fingerprint density at radius 2 is 1.69 bits per heavy atom. The van der Waals surface area contributed by atoms with E-state index in [-0.39, 0.29) is 11.8 Å². The molecule has 1 aliphatic rings. The van der Waals surface area contributed by atoms with Crippen LogP contribution >= 0.6 is 11.3 Å². The van der Waals surface area contributed by atoms with E-state index in [2.05, 4.69) is 15.6 Å². The number of benzene rings is 2. The second kappa shape index (κ2) is 7.09. The van der Waals surface area contributed by atoms with E-state index in [4.69, 9.17) is 0 Å². The topological polar surface area (TPSA) is 71.1 Å². The number of para-hydroxylation sites is 1. The first-order chi connectivity index (χ1) is 12.7. The molecule has 1 fully saturated rings. The van der Waals surface area contributed by atoms with E-state index in [1.807, 2.05) is 42.5 Å². The molecular formula is C20H17N3O2S. The highest BCUT2D eigenvalue weighted by molar-refractivity contribution is 7.17. The third kappa shape index (κ3) is 3.81. The summed E-state index contributed by atoms with van der Waals surface area (Å²) in [6, 6.07) is 17.0. The monoisotopic (exact) mass is 363 g/mol. The summed E-state index contributed by atoms with van der Waals surface area (Å²) < 4.78 is 0. The maximum absolute atomic E-state index is 12.3. The molecule has 0 aliphatic heterocycles. The average molecular weight is 363 g/mol. The van der Waals surface area contributed by atoms with Crippen molar-refractivity contribution in [2.24, 2.45) is 0 Å². The molecule has 0 bridgehead atoms. The Kier molecular flexibility index (Phi) is 4.50. The molecule has 1 saturated carbocycles. The lowest BCUT2D eigenvalue weighted by atomic mass is 10.1. The highest BCUT2D eigenvalue weighted by Crippen LogP contribution is 2.26. The fourth-order valence-corrected chi connectivity index (χ4v) is 3.30. The van der Waals surface area contributed by atoms with Crippen molar-refractivity contribution < 1.29 is 9.59 Å². The molecule has 0 radical (unpaired) electrons. The van der Waals surface area contributed by atoms with Crippen molar-refractivity contribution in [2.45, 2.75) is 18.9 Å². The van der Waals surface area contributed by atoms with E-state index >= 15 is 0 Å². The number of hydrogen-bond acceptors (Lipinski definition) is 4. The van der Waals surface area contributed by atoms with Crippen molar-refractivity contribution in [1.29, 1.82) is 0 Å². The summed E-state index contributed by atoms with van der Waals surface area (Å²) in [5, 5.41) is 6.56. The van der Waals surface area contributed by atoms with E-state index in [1.165, 1.54) is 11.3 Å². The highest BCUT2D eigenvalue weighted by Gasteiger charge is 2.23. The molecule has 5 nitrogen and oxygen atoms in total. The number of nitrogens with zero attached hydrogens (tertiary/aromatic N) is 1. The van der Waals surface area contributed by atoms with Gasteiger partial charge >= 0.3 is 0 Å². The van der Waals surface area contributed by atoms with Crippen LogP contribution in [0.15, 0.2) is 60.8 Å². The van der Waals surface area contributed by atoms with Crippen LogP contribution in [-0.4, -0.2) is 22.8 Å². The zero-order valence-electron chi connectivity index (χ0n) is 13.9. The normalized spacial score (nSPS) is 13.2. The summed E-state index contributed by atoms with van der Waals surface area (Å²) in [4.78, 5) is 29.2. The van der Waals surface area contributed by atoms with E-state index in [0.29, 0.717) is 16.5 Å². The summed E-state index contributed by atoms with van der Waals surface area (Å²) in [6.07, 6.45) is 3.71. The largest absolute Gasteiger partial charge is 0.349 e. The molecule has 4 rings (SSSR count). The van der Waals surface area contributed by atoms with Crippen LogP contribution in [0.2, 0.25) is 0 Å². The second-order valence-corrected chi connectivity index (χ2v) is 7.21. The van der Waals surface area contributed by atoms with Crippen molar-refractivity contribution in [1.82, 2.24) is 10.3 Å². The second-order valence-electron chi connectivity index (χ2n) is 6.17. The van der Waals surface area contributed by atoms with Crippen LogP contribution in [0.25, 0.3) is 10.6 Å². The van der Waals surface area contributed by atoms with Gasteiger partial charge in [-0.2, -0.15) is 0 Å². The summed E-state index contributed by atoms with van der Waals surface area (Å²) in [6.45, 7) is 0. The van der Waals surface area contributed by atoms with Gasteiger partial charge in [0, 0.05) is 22.9 Å². The van der Waals surface area contributed by atoms with Crippen LogP contribution < -0.4 is 10.6 Å². The summed E-state index contributed by atoms with van der Waals surface area (Å²) in [5.74, 6) is -0.221. The van der Waals surface area contributed by atoms with Gasteiger partial charge < -0.3 is 10.6 Å². The standard InChI is InChI=1S/C20H17N3O2S/c24-18(22-16-10-11-16)13-6-8-14(9-7-13)20-21-12-17(26-20)19(25)23-15-4-2-1-3-5-15/h1-9,12,16H,10-11H2,(H,22,24)(H,23,25). The molecule has 0 saturated heterocycles. The lowest BCUT2D eigenvalue weighted by molar-refractivity contribution is 0.0950. The van der Waals surface area contributed by atoms with E-state index in [1.54, 1.807) is 18.3 Å². The predicted molar refractivity (Wildman–Crippen MR) is 102 cm³/mol. The maximum atomic E-state index is 12.3. The van der Waals surface area contributed by atoms with Gasteiger partial charge in [-0.05, 0) is 37.1 Å². The highest BCUT2D eigenvalue weighted by atomic mass is 32.1. The zero-order chi connectivity index (χ0) is 17.9. The maximum Gasteiger partial charge on any atom is 0.267 e. The number of anilines is 1. The first-order valence-electron chi connectivity index (χ1n) is 8.42. The molecule has 130 valence electrons. The Labute approximate surface area is 155 Å². The molecule has 1 heterocycles. The number of rotatable bonds is 5. The van der Waals surface area contributed by atoms with Crippen LogP contribution in [-0.2, 0) is 0 Å². The van der Waals surface area contributed by atoms with Gasteiger partial charge in [-0.3, -0.25) is 9.59 Å². The SMILES string of the molecule is O=C(NC1CC1)c1ccc(-c2ncc(C(=O)Nc3ccccc3)s2)cc1. The lowest BCUT2D eigenvalue weighted by Crippen LogP contribution is -2.25. The first kappa shape index (κ1) is 16.5. The summed E-state index contributed by atoms with van der Waals surface area (Å²) in [7, 11) is 0.